The van der Waals surface area contributed by atoms with Gasteiger partial charge in [-0.15, -0.1) is 0 Å². The van der Waals surface area contributed by atoms with Gasteiger partial charge in [0.05, 0.1) is 5.92 Å². The third kappa shape index (κ3) is 2.13. The smallest absolute Gasteiger partial charge is 0.310 e. The topological polar surface area (TPSA) is 57.6 Å². The summed E-state index contributed by atoms with van der Waals surface area (Å²) in [5.74, 6) is -1.98. The first-order valence-corrected chi connectivity index (χ1v) is 5.27. The molecule has 0 spiro atoms. The maximum atomic E-state index is 12.9. The lowest BCUT2D eigenvalue weighted by molar-refractivity contribution is -0.146. The van der Waals surface area contributed by atoms with Crippen LogP contribution in [0.3, 0.4) is 0 Å². The molecule has 1 aromatic rings. The molecule has 1 aliphatic heterocycles. The van der Waals surface area contributed by atoms with Crippen molar-refractivity contribution in [3.8, 4) is 0 Å². The normalized spacial score (nSPS) is 15.5. The maximum absolute atomic E-state index is 12.9. The molecule has 5 heteroatoms. The number of carboxylic acids is 1. The van der Waals surface area contributed by atoms with E-state index in [4.69, 9.17) is 5.11 Å². The zero-order valence-corrected chi connectivity index (χ0v) is 9.31. The Balaban J connectivity index is 2.09. The number of aliphatic carboxylic acids is 1. The van der Waals surface area contributed by atoms with E-state index in [1.165, 1.54) is 23.1 Å². The Morgan fingerprint density at radius 2 is 2.06 bits per heavy atom. The number of aryl methyl sites for hydroxylation is 1. The zero-order chi connectivity index (χ0) is 12.6. The van der Waals surface area contributed by atoms with E-state index in [0.717, 1.165) is 0 Å². The lowest BCUT2D eigenvalue weighted by Crippen LogP contribution is -2.53. The van der Waals surface area contributed by atoms with Crippen LogP contribution in [-0.2, 0) is 4.79 Å². The summed E-state index contributed by atoms with van der Waals surface area (Å²) in [5, 5.41) is 8.71. The molecular formula is C12H12FNO3. The minimum atomic E-state index is -0.884. The molecule has 4 nitrogen and oxygen atoms in total. The molecule has 1 fully saturated rings. The Labute approximate surface area is 97.7 Å². The molecule has 0 bridgehead atoms. The molecule has 1 saturated heterocycles. The van der Waals surface area contributed by atoms with Crippen molar-refractivity contribution in [3.05, 3.63) is 35.1 Å². The van der Waals surface area contributed by atoms with Crippen LogP contribution in [0.2, 0.25) is 0 Å². The molecule has 1 N–H and O–H groups in total. The van der Waals surface area contributed by atoms with E-state index >= 15 is 0 Å². The van der Waals surface area contributed by atoms with Gasteiger partial charge in [0.25, 0.3) is 5.91 Å². The molecule has 0 unspecified atom stereocenters. The van der Waals surface area contributed by atoms with Crippen molar-refractivity contribution in [2.24, 2.45) is 5.92 Å². The molecule has 0 saturated carbocycles. The largest absolute Gasteiger partial charge is 0.481 e. The number of hydrogen-bond donors (Lipinski definition) is 1. The molecule has 1 heterocycles. The summed E-state index contributed by atoms with van der Waals surface area (Å²) < 4.78 is 12.9. The molecular weight excluding hydrogens is 225 g/mol. The number of carbonyl (C=O) groups excluding carboxylic acids is 1. The van der Waals surface area contributed by atoms with Gasteiger partial charge in [-0.1, -0.05) is 0 Å². The fourth-order valence-corrected chi connectivity index (χ4v) is 1.84. The molecule has 17 heavy (non-hydrogen) atoms. The molecule has 0 aliphatic carbocycles. The first kappa shape index (κ1) is 11.6. The van der Waals surface area contributed by atoms with Crippen LogP contribution >= 0.6 is 0 Å². The average molecular weight is 237 g/mol. The third-order valence-corrected chi connectivity index (χ3v) is 2.94. The summed E-state index contributed by atoms with van der Waals surface area (Å²) in [6.07, 6.45) is 0. The lowest BCUT2D eigenvalue weighted by Gasteiger charge is -2.36. The minimum Gasteiger partial charge on any atom is -0.481 e. The van der Waals surface area contributed by atoms with Crippen LogP contribution in [0.1, 0.15) is 15.9 Å². The second-order valence-corrected chi connectivity index (χ2v) is 4.20. The third-order valence-electron chi connectivity index (χ3n) is 2.94. The monoisotopic (exact) mass is 237 g/mol. The van der Waals surface area contributed by atoms with Gasteiger partial charge >= 0.3 is 5.97 Å². The van der Waals surface area contributed by atoms with Gasteiger partial charge in [0.1, 0.15) is 5.82 Å². The summed E-state index contributed by atoms with van der Waals surface area (Å²) in [6.45, 7) is 2.11. The molecule has 2 rings (SSSR count). The van der Waals surface area contributed by atoms with Gasteiger partial charge in [-0.25, -0.2) is 4.39 Å². The van der Waals surface area contributed by atoms with Crippen LogP contribution in [0, 0.1) is 18.7 Å². The molecule has 0 atom stereocenters. The number of carbonyl (C=O) groups is 2. The van der Waals surface area contributed by atoms with Gasteiger partial charge in [0, 0.05) is 18.7 Å². The van der Waals surface area contributed by atoms with Crippen LogP contribution in [0.15, 0.2) is 18.2 Å². The second-order valence-electron chi connectivity index (χ2n) is 4.20. The van der Waals surface area contributed by atoms with Crippen molar-refractivity contribution in [3.63, 3.8) is 0 Å². The van der Waals surface area contributed by atoms with Crippen molar-refractivity contribution in [2.45, 2.75) is 6.92 Å². The Bertz CT molecular complexity index is 481. The van der Waals surface area contributed by atoms with E-state index in [-0.39, 0.29) is 24.8 Å². The van der Waals surface area contributed by atoms with Crippen molar-refractivity contribution in [2.75, 3.05) is 13.1 Å². The fourth-order valence-electron chi connectivity index (χ4n) is 1.84. The van der Waals surface area contributed by atoms with Crippen molar-refractivity contribution < 1.29 is 19.1 Å². The second kappa shape index (κ2) is 4.16. The zero-order valence-electron chi connectivity index (χ0n) is 9.31. The average Bonchev–Trinajstić information content (AvgIpc) is 2.13. The summed E-state index contributed by atoms with van der Waals surface area (Å²) in [7, 11) is 0. The van der Waals surface area contributed by atoms with Crippen LogP contribution in [0.5, 0.6) is 0 Å². The molecule has 1 aliphatic rings. The first-order valence-electron chi connectivity index (χ1n) is 5.27. The highest BCUT2D eigenvalue weighted by Gasteiger charge is 2.36. The van der Waals surface area contributed by atoms with Gasteiger partial charge < -0.3 is 10.0 Å². The van der Waals surface area contributed by atoms with E-state index < -0.39 is 11.9 Å². The number of hydrogen-bond acceptors (Lipinski definition) is 2. The fraction of sp³-hybridized carbons (Fsp3) is 0.333. The van der Waals surface area contributed by atoms with Gasteiger partial charge in [-0.2, -0.15) is 0 Å². The molecule has 1 aromatic carbocycles. The van der Waals surface area contributed by atoms with Crippen molar-refractivity contribution in [1.82, 2.24) is 4.90 Å². The van der Waals surface area contributed by atoms with Gasteiger partial charge in [-0.3, -0.25) is 9.59 Å². The van der Waals surface area contributed by atoms with Gasteiger partial charge in [0.2, 0.25) is 0 Å². The van der Waals surface area contributed by atoms with E-state index in [1.807, 2.05) is 0 Å². The van der Waals surface area contributed by atoms with E-state index in [2.05, 4.69) is 0 Å². The van der Waals surface area contributed by atoms with Gasteiger partial charge in [-0.05, 0) is 30.7 Å². The van der Waals surface area contributed by atoms with Gasteiger partial charge in [0.15, 0.2) is 0 Å². The summed E-state index contributed by atoms with van der Waals surface area (Å²) >= 11 is 0. The maximum Gasteiger partial charge on any atom is 0.310 e. The molecule has 1 amide bonds. The number of nitrogens with zero attached hydrogens (tertiary/aromatic N) is 1. The summed E-state index contributed by atoms with van der Waals surface area (Å²) in [5.41, 5.74) is 0.990. The number of benzene rings is 1. The van der Waals surface area contributed by atoms with Crippen LogP contribution in [-0.4, -0.2) is 35.0 Å². The predicted molar refractivity (Wildman–Crippen MR) is 58.2 cm³/mol. The Hall–Kier alpha value is -1.91. The standard InChI is InChI=1S/C12H12FNO3/c1-7-4-9(13)2-3-10(7)11(15)14-5-8(6-14)12(16)17/h2-4,8H,5-6H2,1H3,(H,16,17). The molecule has 0 aromatic heterocycles. The SMILES string of the molecule is Cc1cc(F)ccc1C(=O)N1CC(C(=O)O)C1. The molecule has 0 radical (unpaired) electrons. The number of likely N-dealkylation sites (tertiary alicyclic amines) is 1. The number of rotatable bonds is 2. The highest BCUT2D eigenvalue weighted by Crippen LogP contribution is 2.20. The first-order chi connectivity index (χ1) is 7.99. The van der Waals surface area contributed by atoms with Crippen molar-refractivity contribution >= 4 is 11.9 Å². The summed E-state index contributed by atoms with van der Waals surface area (Å²) in [6, 6.07) is 3.96. The Morgan fingerprint density at radius 3 is 2.59 bits per heavy atom. The number of amides is 1. The van der Waals surface area contributed by atoms with E-state index in [0.29, 0.717) is 11.1 Å². The highest BCUT2D eigenvalue weighted by atomic mass is 19.1. The van der Waals surface area contributed by atoms with E-state index in [1.54, 1.807) is 6.92 Å². The van der Waals surface area contributed by atoms with Crippen molar-refractivity contribution in [1.29, 1.82) is 0 Å². The quantitative estimate of drug-likeness (QED) is 0.843. The summed E-state index contributed by atoms with van der Waals surface area (Å²) in [4.78, 5) is 24.0. The Kier molecular flexibility index (Phi) is 2.83. The van der Waals surface area contributed by atoms with Crippen LogP contribution in [0.4, 0.5) is 4.39 Å². The van der Waals surface area contributed by atoms with E-state index in [9.17, 15) is 14.0 Å². The number of halogens is 1. The Morgan fingerprint density at radius 1 is 1.41 bits per heavy atom. The highest BCUT2D eigenvalue weighted by molar-refractivity contribution is 5.96. The van der Waals surface area contributed by atoms with Crippen LogP contribution < -0.4 is 0 Å². The predicted octanol–water partition coefficient (Wildman–Crippen LogP) is 1.29. The lowest BCUT2D eigenvalue weighted by atomic mass is 9.98. The number of carboxylic acid groups (broad SMARTS) is 1. The minimum absolute atomic E-state index is 0.227. The van der Waals surface area contributed by atoms with Crippen LogP contribution in [0.25, 0.3) is 0 Å². The molecule has 90 valence electrons.